The molecular formula is C16H18N2O3. The number of rotatable bonds is 2. The summed E-state index contributed by atoms with van der Waals surface area (Å²) in [4.78, 5) is 23.4. The molecule has 3 N–H and O–H groups in total. The molecule has 0 aliphatic carbocycles. The van der Waals surface area contributed by atoms with E-state index in [1.807, 2.05) is 6.07 Å². The Morgan fingerprint density at radius 1 is 1.10 bits per heavy atom. The fraction of sp³-hybridized carbons (Fsp3) is 0.250. The molecule has 0 radical (unpaired) electrons. The Morgan fingerprint density at radius 2 is 1.71 bits per heavy atom. The number of nitrogens with one attached hydrogen (secondary N) is 1. The molecule has 2 aromatic rings. The number of methoxy groups -OCH3 is 1. The molecule has 0 saturated heterocycles. The fourth-order valence-electron chi connectivity index (χ4n) is 2.17. The second kappa shape index (κ2) is 6.37. The van der Waals surface area contributed by atoms with Crippen LogP contribution in [0.5, 0.6) is 5.75 Å². The predicted molar refractivity (Wildman–Crippen MR) is 81.6 cm³/mol. The van der Waals surface area contributed by atoms with Gasteiger partial charge in [0, 0.05) is 21.9 Å². The molecule has 2 aromatic carbocycles. The molecule has 5 heteroatoms. The standard InChI is InChI=1S/C13H9NO3.C3H9N/c1-17-10-6-5-9-11-7(10)3-2-4-8(11)12(15)14-13(9)16;1-2-3-4/h2-6H,1H3,(H,14,15,16);2-4H2,1H3. The average molecular weight is 286 g/mol. The zero-order valence-corrected chi connectivity index (χ0v) is 12.1. The van der Waals surface area contributed by atoms with Gasteiger partial charge < -0.3 is 10.5 Å². The molecule has 110 valence electrons. The molecule has 0 fully saturated rings. The molecule has 0 unspecified atom stereocenters. The van der Waals surface area contributed by atoms with Gasteiger partial charge in [-0.25, -0.2) is 0 Å². The van der Waals surface area contributed by atoms with Crippen LogP contribution in [0.3, 0.4) is 0 Å². The van der Waals surface area contributed by atoms with E-state index in [1.165, 1.54) is 0 Å². The van der Waals surface area contributed by atoms with Crippen molar-refractivity contribution in [2.45, 2.75) is 13.3 Å². The van der Waals surface area contributed by atoms with Crippen molar-refractivity contribution < 1.29 is 14.3 Å². The van der Waals surface area contributed by atoms with Gasteiger partial charge in [0.1, 0.15) is 5.75 Å². The van der Waals surface area contributed by atoms with Crippen molar-refractivity contribution in [2.75, 3.05) is 13.7 Å². The minimum atomic E-state index is -0.360. The molecule has 2 amide bonds. The van der Waals surface area contributed by atoms with Crippen molar-refractivity contribution in [3.63, 3.8) is 0 Å². The molecule has 21 heavy (non-hydrogen) atoms. The van der Waals surface area contributed by atoms with Gasteiger partial charge in [-0.1, -0.05) is 19.1 Å². The molecule has 1 aliphatic heterocycles. The number of hydrogen-bond acceptors (Lipinski definition) is 4. The Hall–Kier alpha value is -2.40. The molecule has 0 bridgehead atoms. The van der Waals surface area contributed by atoms with E-state index in [1.54, 1.807) is 31.4 Å². The SMILES string of the molecule is CCCN.COc1ccc2c3c(cccc13)C(=O)NC2=O. The van der Waals surface area contributed by atoms with Crippen molar-refractivity contribution in [1.29, 1.82) is 0 Å². The summed E-state index contributed by atoms with van der Waals surface area (Å²) in [5.74, 6) is -0.0594. The van der Waals surface area contributed by atoms with Gasteiger partial charge in [-0.2, -0.15) is 0 Å². The smallest absolute Gasteiger partial charge is 0.258 e. The lowest BCUT2D eigenvalue weighted by atomic mass is 9.95. The van der Waals surface area contributed by atoms with Gasteiger partial charge in [0.05, 0.1) is 7.11 Å². The van der Waals surface area contributed by atoms with Crippen LogP contribution in [0.15, 0.2) is 30.3 Å². The highest BCUT2D eigenvalue weighted by atomic mass is 16.5. The van der Waals surface area contributed by atoms with E-state index in [0.717, 1.165) is 18.4 Å². The highest BCUT2D eigenvalue weighted by Crippen LogP contribution is 2.32. The lowest BCUT2D eigenvalue weighted by Gasteiger charge is -2.17. The number of imide groups is 1. The maximum absolute atomic E-state index is 11.7. The van der Waals surface area contributed by atoms with Crippen LogP contribution < -0.4 is 15.8 Å². The van der Waals surface area contributed by atoms with E-state index in [4.69, 9.17) is 10.5 Å². The van der Waals surface area contributed by atoms with E-state index in [2.05, 4.69) is 12.2 Å². The van der Waals surface area contributed by atoms with Crippen molar-refractivity contribution in [3.8, 4) is 5.75 Å². The molecule has 0 aromatic heterocycles. The van der Waals surface area contributed by atoms with Crippen molar-refractivity contribution in [1.82, 2.24) is 5.32 Å². The maximum atomic E-state index is 11.7. The van der Waals surface area contributed by atoms with E-state index < -0.39 is 0 Å². The molecule has 3 rings (SSSR count). The first-order valence-corrected chi connectivity index (χ1v) is 6.79. The Kier molecular flexibility index (Phi) is 4.55. The van der Waals surface area contributed by atoms with Gasteiger partial charge in [-0.05, 0) is 31.2 Å². The molecule has 0 atom stereocenters. The summed E-state index contributed by atoms with van der Waals surface area (Å²) >= 11 is 0. The van der Waals surface area contributed by atoms with Crippen LogP contribution in [-0.4, -0.2) is 25.5 Å². The summed E-state index contributed by atoms with van der Waals surface area (Å²) in [6.45, 7) is 2.88. The van der Waals surface area contributed by atoms with Crippen LogP contribution in [0.25, 0.3) is 10.8 Å². The fourth-order valence-corrected chi connectivity index (χ4v) is 2.17. The van der Waals surface area contributed by atoms with Crippen LogP contribution in [0.1, 0.15) is 34.1 Å². The summed E-state index contributed by atoms with van der Waals surface area (Å²) < 4.78 is 5.23. The van der Waals surface area contributed by atoms with Gasteiger partial charge >= 0.3 is 0 Å². The molecule has 5 nitrogen and oxygen atoms in total. The Labute approximate surface area is 123 Å². The first kappa shape index (κ1) is 15.0. The van der Waals surface area contributed by atoms with Crippen LogP contribution in [0, 0.1) is 0 Å². The van der Waals surface area contributed by atoms with Gasteiger partial charge in [0.2, 0.25) is 0 Å². The highest BCUT2D eigenvalue weighted by molar-refractivity contribution is 6.26. The maximum Gasteiger partial charge on any atom is 0.258 e. The second-order valence-electron chi connectivity index (χ2n) is 4.62. The molecule has 1 heterocycles. The monoisotopic (exact) mass is 286 g/mol. The number of ether oxygens (including phenoxy) is 1. The van der Waals surface area contributed by atoms with E-state index in [0.29, 0.717) is 22.3 Å². The predicted octanol–water partition coefficient (Wildman–Crippen LogP) is 2.09. The summed E-state index contributed by atoms with van der Waals surface area (Å²) in [6.07, 6.45) is 1.10. The summed E-state index contributed by atoms with van der Waals surface area (Å²) in [5, 5.41) is 3.76. The molecule has 0 saturated carbocycles. The largest absolute Gasteiger partial charge is 0.496 e. The van der Waals surface area contributed by atoms with Crippen molar-refractivity contribution in [2.24, 2.45) is 5.73 Å². The zero-order valence-electron chi connectivity index (χ0n) is 12.1. The Bertz CT molecular complexity index is 673. The summed E-state index contributed by atoms with van der Waals surface area (Å²) in [7, 11) is 1.56. The summed E-state index contributed by atoms with van der Waals surface area (Å²) in [5.41, 5.74) is 6.05. The van der Waals surface area contributed by atoms with Crippen LogP contribution in [0.2, 0.25) is 0 Å². The van der Waals surface area contributed by atoms with Crippen molar-refractivity contribution >= 4 is 22.6 Å². The second-order valence-corrected chi connectivity index (χ2v) is 4.62. The topological polar surface area (TPSA) is 81.4 Å². The van der Waals surface area contributed by atoms with Gasteiger partial charge in [0.15, 0.2) is 0 Å². The minimum absolute atomic E-state index is 0.360. The number of carbonyl (C=O) groups excluding carboxylic acids is 2. The first-order chi connectivity index (χ1) is 10.1. The lowest BCUT2D eigenvalue weighted by Crippen LogP contribution is -2.34. The zero-order chi connectivity index (χ0) is 15.4. The third kappa shape index (κ3) is 2.73. The van der Waals surface area contributed by atoms with Gasteiger partial charge in [-0.3, -0.25) is 14.9 Å². The van der Waals surface area contributed by atoms with Crippen molar-refractivity contribution in [3.05, 3.63) is 41.5 Å². The molecule has 1 aliphatic rings. The number of nitrogens with two attached hydrogens (primary N) is 1. The molecular weight excluding hydrogens is 268 g/mol. The highest BCUT2D eigenvalue weighted by Gasteiger charge is 2.25. The van der Waals surface area contributed by atoms with Gasteiger partial charge in [-0.15, -0.1) is 0 Å². The normalized spacial score (nSPS) is 12.5. The number of benzene rings is 2. The Morgan fingerprint density at radius 3 is 2.29 bits per heavy atom. The quantitative estimate of drug-likeness (QED) is 0.828. The van der Waals surface area contributed by atoms with Crippen LogP contribution in [0.4, 0.5) is 0 Å². The number of amides is 2. The lowest BCUT2D eigenvalue weighted by molar-refractivity contribution is 0.0845. The first-order valence-electron chi connectivity index (χ1n) is 6.79. The average Bonchev–Trinajstić information content (AvgIpc) is 2.52. The van der Waals surface area contributed by atoms with E-state index in [-0.39, 0.29) is 11.8 Å². The summed E-state index contributed by atoms with van der Waals surface area (Å²) in [6, 6.07) is 8.72. The number of carbonyl (C=O) groups is 2. The van der Waals surface area contributed by atoms with Crippen LogP contribution >= 0.6 is 0 Å². The third-order valence-electron chi connectivity index (χ3n) is 3.23. The Balaban J connectivity index is 0.000000361. The van der Waals surface area contributed by atoms with Gasteiger partial charge in [0.25, 0.3) is 11.8 Å². The van der Waals surface area contributed by atoms with Crippen LogP contribution in [-0.2, 0) is 0 Å². The number of hydrogen-bond donors (Lipinski definition) is 2. The van der Waals surface area contributed by atoms with E-state index in [9.17, 15) is 9.59 Å². The molecule has 0 spiro atoms. The van der Waals surface area contributed by atoms with E-state index >= 15 is 0 Å². The third-order valence-corrected chi connectivity index (χ3v) is 3.23. The minimum Gasteiger partial charge on any atom is -0.496 e.